The van der Waals surface area contributed by atoms with E-state index in [1.807, 2.05) is 48.6 Å². The van der Waals surface area contributed by atoms with E-state index in [9.17, 15) is 9.59 Å². The van der Waals surface area contributed by atoms with Crippen LogP contribution >= 0.6 is 0 Å². The predicted molar refractivity (Wildman–Crippen MR) is 105 cm³/mol. The lowest BCUT2D eigenvalue weighted by atomic mass is 10.1. The Morgan fingerprint density at radius 1 is 1.36 bits per heavy atom. The standard InChI is InChI=1S/C20H29N5O3/c1-14-11-15(2)25(22-14)10-9-23(4)19(26)12-18-20(27)21-7-8-24(18)13-17-6-5-16(3)28-17/h5-6,11,18H,7-10,12-13H2,1-4H3,(H,21,27). The van der Waals surface area contributed by atoms with E-state index in [4.69, 9.17) is 4.42 Å². The third-order valence-electron chi connectivity index (χ3n) is 5.14. The molecule has 1 unspecified atom stereocenters. The summed E-state index contributed by atoms with van der Waals surface area (Å²) < 4.78 is 7.55. The average molecular weight is 387 g/mol. The highest BCUT2D eigenvalue weighted by molar-refractivity contribution is 5.88. The quantitative estimate of drug-likeness (QED) is 0.773. The molecule has 3 heterocycles. The fourth-order valence-corrected chi connectivity index (χ4v) is 3.54. The molecule has 0 spiro atoms. The molecule has 0 saturated carbocycles. The van der Waals surface area contributed by atoms with Gasteiger partial charge < -0.3 is 14.6 Å². The fourth-order valence-electron chi connectivity index (χ4n) is 3.54. The van der Waals surface area contributed by atoms with Crippen LogP contribution in [0.15, 0.2) is 22.6 Å². The van der Waals surface area contributed by atoms with Gasteiger partial charge in [0.2, 0.25) is 11.8 Å². The van der Waals surface area contributed by atoms with E-state index in [1.54, 1.807) is 11.9 Å². The maximum atomic E-state index is 12.7. The number of furan rings is 1. The molecule has 1 atom stereocenters. The first-order valence-corrected chi connectivity index (χ1v) is 9.65. The van der Waals surface area contributed by atoms with Crippen LogP contribution in [0, 0.1) is 20.8 Å². The minimum atomic E-state index is -0.484. The van der Waals surface area contributed by atoms with Crippen molar-refractivity contribution < 1.29 is 14.0 Å². The van der Waals surface area contributed by atoms with Crippen molar-refractivity contribution in [3.8, 4) is 0 Å². The van der Waals surface area contributed by atoms with E-state index in [1.165, 1.54) is 0 Å². The number of carbonyl (C=O) groups is 2. The molecule has 0 aliphatic carbocycles. The van der Waals surface area contributed by atoms with Gasteiger partial charge in [-0.3, -0.25) is 19.2 Å². The van der Waals surface area contributed by atoms with Crippen LogP contribution in [-0.4, -0.2) is 64.1 Å². The molecule has 28 heavy (non-hydrogen) atoms. The van der Waals surface area contributed by atoms with Crippen LogP contribution in [0.5, 0.6) is 0 Å². The van der Waals surface area contributed by atoms with Crippen LogP contribution in [0.3, 0.4) is 0 Å². The first-order valence-electron chi connectivity index (χ1n) is 9.65. The summed E-state index contributed by atoms with van der Waals surface area (Å²) in [6.45, 7) is 8.83. The first kappa shape index (κ1) is 20.1. The van der Waals surface area contributed by atoms with Gasteiger partial charge in [-0.05, 0) is 39.0 Å². The number of hydrogen-bond acceptors (Lipinski definition) is 5. The maximum Gasteiger partial charge on any atom is 0.237 e. The Balaban J connectivity index is 1.59. The molecule has 1 fully saturated rings. The normalized spacial score (nSPS) is 17.6. The molecule has 152 valence electrons. The molecule has 8 nitrogen and oxygen atoms in total. The van der Waals surface area contributed by atoms with Gasteiger partial charge in [0.25, 0.3) is 0 Å². The number of aryl methyl sites for hydroxylation is 3. The van der Waals surface area contributed by atoms with E-state index in [0.717, 1.165) is 22.9 Å². The number of aromatic nitrogens is 2. The third-order valence-corrected chi connectivity index (χ3v) is 5.14. The molecular formula is C20H29N5O3. The largest absolute Gasteiger partial charge is 0.465 e. The molecule has 2 aromatic rings. The second-order valence-electron chi connectivity index (χ2n) is 7.46. The summed E-state index contributed by atoms with van der Waals surface area (Å²) in [6.07, 6.45) is 0.152. The number of carbonyl (C=O) groups excluding carboxylic acids is 2. The number of nitrogens with zero attached hydrogens (tertiary/aromatic N) is 4. The Kier molecular flexibility index (Phi) is 6.18. The van der Waals surface area contributed by atoms with E-state index < -0.39 is 6.04 Å². The summed E-state index contributed by atoms with van der Waals surface area (Å²) >= 11 is 0. The van der Waals surface area contributed by atoms with Crippen molar-refractivity contribution in [1.82, 2.24) is 24.9 Å². The zero-order chi connectivity index (χ0) is 20.3. The summed E-state index contributed by atoms with van der Waals surface area (Å²) in [5.41, 5.74) is 2.04. The lowest BCUT2D eigenvalue weighted by Gasteiger charge is -2.34. The molecule has 1 N–H and O–H groups in total. The van der Waals surface area contributed by atoms with Gasteiger partial charge >= 0.3 is 0 Å². The second kappa shape index (κ2) is 8.60. The first-order chi connectivity index (χ1) is 13.3. The van der Waals surface area contributed by atoms with Crippen LogP contribution in [0.4, 0.5) is 0 Å². The number of rotatable bonds is 7. The van der Waals surface area contributed by atoms with Gasteiger partial charge in [0.1, 0.15) is 11.5 Å². The molecule has 1 aliphatic heterocycles. The Morgan fingerprint density at radius 3 is 2.79 bits per heavy atom. The van der Waals surface area contributed by atoms with Gasteiger partial charge in [-0.15, -0.1) is 0 Å². The molecule has 0 bridgehead atoms. The molecule has 0 aromatic carbocycles. The summed E-state index contributed by atoms with van der Waals surface area (Å²) in [5, 5.41) is 7.30. The second-order valence-corrected chi connectivity index (χ2v) is 7.46. The third kappa shape index (κ3) is 4.81. The van der Waals surface area contributed by atoms with Crippen molar-refractivity contribution in [2.24, 2.45) is 0 Å². The predicted octanol–water partition coefficient (Wildman–Crippen LogP) is 1.25. The van der Waals surface area contributed by atoms with Gasteiger partial charge in [0, 0.05) is 32.4 Å². The number of hydrogen-bond donors (Lipinski definition) is 1. The molecule has 1 aliphatic rings. The van der Waals surface area contributed by atoms with Gasteiger partial charge in [-0.1, -0.05) is 0 Å². The average Bonchev–Trinajstić information content (AvgIpc) is 3.19. The van der Waals surface area contributed by atoms with E-state index in [0.29, 0.717) is 32.7 Å². The van der Waals surface area contributed by atoms with Gasteiger partial charge in [0.15, 0.2) is 0 Å². The number of likely N-dealkylation sites (N-methyl/N-ethyl adjacent to an activating group) is 1. The molecule has 8 heteroatoms. The van der Waals surface area contributed by atoms with Crippen molar-refractivity contribution in [2.45, 2.75) is 46.3 Å². The summed E-state index contributed by atoms with van der Waals surface area (Å²) in [7, 11) is 1.77. The van der Waals surface area contributed by atoms with Gasteiger partial charge in [-0.25, -0.2) is 0 Å². The number of nitrogens with one attached hydrogen (secondary N) is 1. The topological polar surface area (TPSA) is 83.6 Å². The van der Waals surface area contributed by atoms with Crippen molar-refractivity contribution >= 4 is 11.8 Å². The van der Waals surface area contributed by atoms with Crippen molar-refractivity contribution in [2.75, 3.05) is 26.7 Å². The van der Waals surface area contributed by atoms with Crippen molar-refractivity contribution in [3.63, 3.8) is 0 Å². The van der Waals surface area contributed by atoms with E-state index >= 15 is 0 Å². The number of piperazine rings is 1. The van der Waals surface area contributed by atoms with E-state index in [2.05, 4.69) is 10.4 Å². The van der Waals surface area contributed by atoms with Crippen LogP contribution in [0.2, 0.25) is 0 Å². The monoisotopic (exact) mass is 387 g/mol. The SMILES string of the molecule is Cc1cc(C)n(CCN(C)C(=O)CC2C(=O)NCCN2Cc2ccc(C)o2)n1. The Hall–Kier alpha value is -2.61. The molecule has 3 rings (SSSR count). The molecule has 2 amide bonds. The van der Waals surface area contributed by atoms with Crippen molar-refractivity contribution in [1.29, 1.82) is 0 Å². The summed E-state index contributed by atoms with van der Waals surface area (Å²) in [6, 6.07) is 5.36. The van der Waals surface area contributed by atoms with Crippen LogP contribution in [0.25, 0.3) is 0 Å². The van der Waals surface area contributed by atoms with E-state index in [-0.39, 0.29) is 18.2 Å². The Morgan fingerprint density at radius 2 is 2.14 bits per heavy atom. The zero-order valence-corrected chi connectivity index (χ0v) is 17.1. The Labute approximate surface area is 165 Å². The van der Waals surface area contributed by atoms with Crippen LogP contribution < -0.4 is 5.32 Å². The molecule has 2 aromatic heterocycles. The lowest BCUT2D eigenvalue weighted by molar-refractivity contribution is -0.138. The molecule has 0 radical (unpaired) electrons. The highest BCUT2D eigenvalue weighted by atomic mass is 16.3. The lowest BCUT2D eigenvalue weighted by Crippen LogP contribution is -2.56. The highest BCUT2D eigenvalue weighted by Gasteiger charge is 2.32. The van der Waals surface area contributed by atoms with Crippen LogP contribution in [0.1, 0.15) is 29.3 Å². The Bertz CT molecular complexity index is 841. The molecule has 1 saturated heterocycles. The fraction of sp³-hybridized carbons (Fsp3) is 0.550. The number of amides is 2. The van der Waals surface area contributed by atoms with Crippen LogP contribution in [-0.2, 0) is 22.7 Å². The minimum absolute atomic E-state index is 0.0517. The van der Waals surface area contributed by atoms with Crippen molar-refractivity contribution in [3.05, 3.63) is 41.1 Å². The van der Waals surface area contributed by atoms with Gasteiger partial charge in [-0.2, -0.15) is 5.10 Å². The van der Waals surface area contributed by atoms with Gasteiger partial charge in [0.05, 0.1) is 31.2 Å². The summed E-state index contributed by atoms with van der Waals surface area (Å²) in [5.74, 6) is 1.49. The maximum absolute atomic E-state index is 12.7. The molecular weight excluding hydrogens is 358 g/mol. The summed E-state index contributed by atoms with van der Waals surface area (Å²) in [4.78, 5) is 28.8. The zero-order valence-electron chi connectivity index (χ0n) is 17.1. The smallest absolute Gasteiger partial charge is 0.237 e. The highest BCUT2D eigenvalue weighted by Crippen LogP contribution is 2.16. The minimum Gasteiger partial charge on any atom is -0.465 e.